The van der Waals surface area contributed by atoms with Gasteiger partial charge >= 0.3 is 0 Å². The van der Waals surface area contributed by atoms with E-state index < -0.39 is 0 Å². The highest BCUT2D eigenvalue weighted by atomic mass is 16.1. The lowest BCUT2D eigenvalue weighted by Crippen LogP contribution is -2.49. The molecular formula is C11H20N2O. The van der Waals surface area contributed by atoms with Crippen molar-refractivity contribution in [2.45, 2.75) is 51.6 Å². The van der Waals surface area contributed by atoms with Crippen molar-refractivity contribution in [1.82, 2.24) is 10.6 Å². The minimum Gasteiger partial charge on any atom is -0.352 e. The molecule has 1 saturated heterocycles. The number of hydrogen-bond acceptors (Lipinski definition) is 2. The van der Waals surface area contributed by atoms with Gasteiger partial charge in [-0.05, 0) is 24.7 Å². The fourth-order valence-electron chi connectivity index (χ4n) is 2.56. The first-order valence-corrected chi connectivity index (χ1v) is 5.58. The molecule has 14 heavy (non-hydrogen) atoms. The molecule has 0 radical (unpaired) electrons. The molecule has 1 aliphatic carbocycles. The molecule has 0 aromatic carbocycles. The highest BCUT2D eigenvalue weighted by molar-refractivity contribution is 5.78. The van der Waals surface area contributed by atoms with Gasteiger partial charge < -0.3 is 10.6 Å². The first kappa shape index (κ1) is 9.97. The Balaban J connectivity index is 1.62. The van der Waals surface area contributed by atoms with Crippen molar-refractivity contribution >= 4 is 5.91 Å². The van der Waals surface area contributed by atoms with Crippen LogP contribution in [0.3, 0.4) is 0 Å². The predicted molar refractivity (Wildman–Crippen MR) is 56.0 cm³/mol. The van der Waals surface area contributed by atoms with E-state index in [0.29, 0.717) is 23.9 Å². The fourth-order valence-corrected chi connectivity index (χ4v) is 2.56. The standard InChI is InChI=1S/C11H20N2O/c1-11(2)5-9(6-11)12-7-8-3-4-10(14)13-8/h8-9,12H,3-7H2,1-2H3,(H,13,14). The molecule has 1 saturated carbocycles. The Bertz CT molecular complexity index is 229. The number of carbonyl (C=O) groups excluding carboxylic acids is 1. The van der Waals surface area contributed by atoms with Crippen LogP contribution in [0.4, 0.5) is 0 Å². The van der Waals surface area contributed by atoms with Crippen molar-refractivity contribution in [1.29, 1.82) is 0 Å². The molecule has 2 fully saturated rings. The summed E-state index contributed by atoms with van der Waals surface area (Å²) in [7, 11) is 0. The second-order valence-corrected chi connectivity index (χ2v) is 5.48. The molecule has 1 aliphatic heterocycles. The molecule has 3 heteroatoms. The highest BCUT2D eigenvalue weighted by Crippen LogP contribution is 2.39. The molecule has 1 unspecified atom stereocenters. The number of hydrogen-bond donors (Lipinski definition) is 2. The highest BCUT2D eigenvalue weighted by Gasteiger charge is 2.36. The predicted octanol–water partition coefficient (Wildman–Crippen LogP) is 1.04. The van der Waals surface area contributed by atoms with Gasteiger partial charge in [-0.2, -0.15) is 0 Å². The van der Waals surface area contributed by atoms with Crippen molar-refractivity contribution in [2.75, 3.05) is 6.54 Å². The van der Waals surface area contributed by atoms with E-state index in [1.165, 1.54) is 12.8 Å². The van der Waals surface area contributed by atoms with Gasteiger partial charge in [0.25, 0.3) is 0 Å². The SMILES string of the molecule is CC1(C)CC(NCC2CCC(=O)N2)C1. The van der Waals surface area contributed by atoms with Crippen molar-refractivity contribution < 1.29 is 4.79 Å². The van der Waals surface area contributed by atoms with Crippen LogP contribution >= 0.6 is 0 Å². The van der Waals surface area contributed by atoms with E-state index >= 15 is 0 Å². The zero-order valence-electron chi connectivity index (χ0n) is 9.10. The summed E-state index contributed by atoms with van der Waals surface area (Å²) in [5, 5.41) is 6.50. The van der Waals surface area contributed by atoms with Crippen LogP contribution in [0.2, 0.25) is 0 Å². The van der Waals surface area contributed by atoms with Crippen LogP contribution in [-0.2, 0) is 4.79 Å². The zero-order valence-corrected chi connectivity index (χ0v) is 9.10. The van der Waals surface area contributed by atoms with E-state index in [1.807, 2.05) is 0 Å². The number of nitrogens with one attached hydrogen (secondary N) is 2. The Morgan fingerprint density at radius 1 is 1.50 bits per heavy atom. The van der Waals surface area contributed by atoms with Crippen molar-refractivity contribution in [3.63, 3.8) is 0 Å². The first-order chi connectivity index (χ1) is 6.55. The largest absolute Gasteiger partial charge is 0.352 e. The molecule has 2 rings (SSSR count). The van der Waals surface area contributed by atoms with Crippen LogP contribution in [-0.4, -0.2) is 24.5 Å². The molecule has 2 N–H and O–H groups in total. The molecule has 0 spiro atoms. The summed E-state index contributed by atoms with van der Waals surface area (Å²) in [6, 6.07) is 1.06. The van der Waals surface area contributed by atoms with Crippen LogP contribution in [0.15, 0.2) is 0 Å². The van der Waals surface area contributed by atoms with Gasteiger partial charge in [-0.15, -0.1) is 0 Å². The van der Waals surface area contributed by atoms with Crippen LogP contribution in [0.25, 0.3) is 0 Å². The van der Waals surface area contributed by atoms with Gasteiger partial charge in [0, 0.05) is 25.0 Å². The smallest absolute Gasteiger partial charge is 0.220 e. The molecule has 1 heterocycles. The van der Waals surface area contributed by atoms with Crippen LogP contribution in [0.1, 0.15) is 39.5 Å². The molecule has 2 aliphatic rings. The molecule has 80 valence electrons. The maximum atomic E-state index is 10.9. The Hall–Kier alpha value is -0.570. The third-order valence-electron chi connectivity index (χ3n) is 3.34. The number of amides is 1. The van der Waals surface area contributed by atoms with Gasteiger partial charge in [-0.1, -0.05) is 13.8 Å². The van der Waals surface area contributed by atoms with Gasteiger partial charge in [-0.3, -0.25) is 4.79 Å². The second-order valence-electron chi connectivity index (χ2n) is 5.48. The van der Waals surface area contributed by atoms with Gasteiger partial charge in [0.05, 0.1) is 0 Å². The van der Waals surface area contributed by atoms with Crippen molar-refractivity contribution in [3.8, 4) is 0 Å². The second kappa shape index (κ2) is 3.54. The topological polar surface area (TPSA) is 41.1 Å². The van der Waals surface area contributed by atoms with Gasteiger partial charge in [0.15, 0.2) is 0 Å². The summed E-state index contributed by atoms with van der Waals surface area (Å²) in [4.78, 5) is 10.9. The van der Waals surface area contributed by atoms with E-state index in [9.17, 15) is 4.79 Å². The van der Waals surface area contributed by atoms with Crippen molar-refractivity contribution in [3.05, 3.63) is 0 Å². The summed E-state index contributed by atoms with van der Waals surface area (Å²) in [6.07, 6.45) is 4.26. The maximum Gasteiger partial charge on any atom is 0.220 e. The molecule has 0 aromatic heterocycles. The normalized spacial score (nSPS) is 31.3. The van der Waals surface area contributed by atoms with Crippen LogP contribution < -0.4 is 10.6 Å². The van der Waals surface area contributed by atoms with E-state index in [4.69, 9.17) is 0 Å². The van der Waals surface area contributed by atoms with E-state index in [1.54, 1.807) is 0 Å². The third-order valence-corrected chi connectivity index (χ3v) is 3.34. The molecule has 0 bridgehead atoms. The van der Waals surface area contributed by atoms with Crippen LogP contribution in [0.5, 0.6) is 0 Å². The quantitative estimate of drug-likeness (QED) is 0.708. The Morgan fingerprint density at radius 2 is 2.21 bits per heavy atom. The summed E-state index contributed by atoms with van der Waals surface area (Å²) >= 11 is 0. The Morgan fingerprint density at radius 3 is 2.71 bits per heavy atom. The summed E-state index contributed by atoms with van der Waals surface area (Å²) in [5.74, 6) is 0.214. The van der Waals surface area contributed by atoms with E-state index in [0.717, 1.165) is 13.0 Å². The summed E-state index contributed by atoms with van der Waals surface area (Å²) < 4.78 is 0. The maximum absolute atomic E-state index is 10.9. The molecule has 3 nitrogen and oxygen atoms in total. The minimum absolute atomic E-state index is 0.214. The van der Waals surface area contributed by atoms with E-state index in [2.05, 4.69) is 24.5 Å². The lowest BCUT2D eigenvalue weighted by molar-refractivity contribution is -0.119. The molecule has 0 aromatic rings. The van der Waals surface area contributed by atoms with Gasteiger partial charge in [0.2, 0.25) is 5.91 Å². The molecule has 1 atom stereocenters. The Kier molecular flexibility index (Phi) is 2.52. The lowest BCUT2D eigenvalue weighted by Gasteiger charge is -2.43. The average Bonchev–Trinajstić information content (AvgIpc) is 2.44. The summed E-state index contributed by atoms with van der Waals surface area (Å²) in [5.41, 5.74) is 0.538. The fraction of sp³-hybridized carbons (Fsp3) is 0.909. The average molecular weight is 196 g/mol. The summed E-state index contributed by atoms with van der Waals surface area (Å²) in [6.45, 7) is 5.57. The first-order valence-electron chi connectivity index (χ1n) is 5.58. The lowest BCUT2D eigenvalue weighted by atomic mass is 9.68. The minimum atomic E-state index is 0.214. The van der Waals surface area contributed by atoms with Gasteiger partial charge in [-0.25, -0.2) is 0 Å². The van der Waals surface area contributed by atoms with E-state index in [-0.39, 0.29) is 5.91 Å². The monoisotopic (exact) mass is 196 g/mol. The molecular weight excluding hydrogens is 176 g/mol. The Labute approximate surface area is 85.6 Å². The number of carbonyl (C=O) groups is 1. The third kappa shape index (κ3) is 2.27. The number of rotatable bonds is 3. The van der Waals surface area contributed by atoms with Gasteiger partial charge in [0.1, 0.15) is 0 Å². The van der Waals surface area contributed by atoms with Crippen molar-refractivity contribution in [2.24, 2.45) is 5.41 Å². The van der Waals surface area contributed by atoms with Crippen LogP contribution in [0, 0.1) is 5.41 Å². The zero-order chi connectivity index (χ0) is 10.2. The molecule has 1 amide bonds.